The standard InChI is InChI=1S/C19H24N2O4S/c1-5-20(16-10-8-9-15(2)13-16)19(22)14-21(26(4,23)24)17-11-6-7-12-18(17)25-3/h6-13H,5,14H2,1-4H3. The minimum absolute atomic E-state index is 0.305. The first kappa shape index (κ1) is 19.8. The zero-order valence-corrected chi connectivity index (χ0v) is 16.3. The number of rotatable bonds is 7. The predicted octanol–water partition coefficient (Wildman–Crippen LogP) is 2.82. The van der Waals surface area contributed by atoms with Gasteiger partial charge < -0.3 is 9.64 Å². The van der Waals surface area contributed by atoms with Gasteiger partial charge in [-0.05, 0) is 43.7 Å². The lowest BCUT2D eigenvalue weighted by atomic mass is 10.2. The Morgan fingerprint density at radius 2 is 1.81 bits per heavy atom. The number of carbonyl (C=O) groups is 1. The smallest absolute Gasteiger partial charge is 0.247 e. The lowest BCUT2D eigenvalue weighted by Gasteiger charge is -2.28. The Morgan fingerprint density at radius 3 is 2.38 bits per heavy atom. The van der Waals surface area contributed by atoms with Crippen LogP contribution in [-0.2, 0) is 14.8 Å². The van der Waals surface area contributed by atoms with E-state index in [-0.39, 0.29) is 12.5 Å². The van der Waals surface area contributed by atoms with E-state index < -0.39 is 10.0 Å². The summed E-state index contributed by atoms with van der Waals surface area (Å²) in [6.07, 6.45) is 1.08. The Kier molecular flexibility index (Phi) is 6.26. The molecule has 2 aromatic carbocycles. The zero-order chi connectivity index (χ0) is 19.3. The van der Waals surface area contributed by atoms with Crippen LogP contribution in [0.3, 0.4) is 0 Å². The Bertz CT molecular complexity index is 881. The molecule has 0 N–H and O–H groups in total. The summed E-state index contributed by atoms with van der Waals surface area (Å²) in [5.74, 6) is 0.0822. The van der Waals surface area contributed by atoms with Gasteiger partial charge in [0.05, 0.1) is 19.1 Å². The van der Waals surface area contributed by atoms with E-state index in [0.29, 0.717) is 18.0 Å². The number of aryl methyl sites for hydroxylation is 1. The number of amides is 1. The molecule has 26 heavy (non-hydrogen) atoms. The monoisotopic (exact) mass is 376 g/mol. The summed E-state index contributed by atoms with van der Waals surface area (Å²) in [6, 6.07) is 14.3. The van der Waals surface area contributed by atoms with Crippen LogP contribution < -0.4 is 13.9 Å². The molecule has 0 spiro atoms. The molecule has 0 saturated heterocycles. The van der Waals surface area contributed by atoms with Crippen molar-refractivity contribution < 1.29 is 17.9 Å². The van der Waals surface area contributed by atoms with Crippen LogP contribution >= 0.6 is 0 Å². The molecule has 0 bridgehead atoms. The molecular formula is C19H24N2O4S. The van der Waals surface area contributed by atoms with E-state index in [9.17, 15) is 13.2 Å². The lowest BCUT2D eigenvalue weighted by molar-refractivity contribution is -0.117. The third-order valence-electron chi connectivity index (χ3n) is 3.96. The van der Waals surface area contributed by atoms with Crippen molar-refractivity contribution in [3.63, 3.8) is 0 Å². The van der Waals surface area contributed by atoms with Gasteiger partial charge in [-0.3, -0.25) is 9.10 Å². The van der Waals surface area contributed by atoms with Crippen molar-refractivity contribution in [2.45, 2.75) is 13.8 Å². The number of nitrogens with zero attached hydrogens (tertiary/aromatic N) is 2. The summed E-state index contributed by atoms with van der Waals surface area (Å²) >= 11 is 0. The van der Waals surface area contributed by atoms with Crippen molar-refractivity contribution in [1.29, 1.82) is 0 Å². The van der Waals surface area contributed by atoms with Gasteiger partial charge in [-0.1, -0.05) is 24.3 Å². The van der Waals surface area contributed by atoms with Crippen molar-refractivity contribution in [2.24, 2.45) is 0 Å². The fraction of sp³-hybridized carbons (Fsp3) is 0.316. The highest BCUT2D eigenvalue weighted by molar-refractivity contribution is 7.92. The summed E-state index contributed by atoms with van der Waals surface area (Å²) in [6.45, 7) is 3.93. The molecule has 140 valence electrons. The van der Waals surface area contributed by atoms with Crippen LogP contribution in [0.1, 0.15) is 12.5 Å². The maximum atomic E-state index is 12.9. The second-order valence-electron chi connectivity index (χ2n) is 5.92. The maximum Gasteiger partial charge on any atom is 0.247 e. The first-order valence-corrected chi connectivity index (χ1v) is 10.1. The number of carbonyl (C=O) groups excluding carboxylic acids is 1. The molecule has 0 aliphatic heterocycles. The molecule has 0 aromatic heterocycles. The van der Waals surface area contributed by atoms with Crippen molar-refractivity contribution in [1.82, 2.24) is 0 Å². The molecule has 6 nitrogen and oxygen atoms in total. The third-order valence-corrected chi connectivity index (χ3v) is 5.09. The quantitative estimate of drug-likeness (QED) is 0.745. The molecule has 0 saturated carbocycles. The van der Waals surface area contributed by atoms with Crippen LogP contribution in [0.4, 0.5) is 11.4 Å². The van der Waals surface area contributed by atoms with E-state index in [1.165, 1.54) is 7.11 Å². The molecule has 0 fully saturated rings. The predicted molar refractivity (Wildman–Crippen MR) is 104 cm³/mol. The molecule has 2 rings (SSSR count). The minimum atomic E-state index is -3.67. The van der Waals surface area contributed by atoms with E-state index in [1.807, 2.05) is 38.1 Å². The van der Waals surface area contributed by atoms with Crippen LogP contribution in [-0.4, -0.2) is 40.8 Å². The summed E-state index contributed by atoms with van der Waals surface area (Å²) in [5.41, 5.74) is 2.11. The Balaban J connectivity index is 2.38. The average Bonchev–Trinajstić information content (AvgIpc) is 2.59. The lowest BCUT2D eigenvalue weighted by Crippen LogP contribution is -2.43. The molecule has 0 radical (unpaired) electrons. The molecule has 2 aromatic rings. The van der Waals surface area contributed by atoms with Gasteiger partial charge in [0.1, 0.15) is 12.3 Å². The first-order chi connectivity index (χ1) is 12.3. The average molecular weight is 376 g/mol. The van der Waals surface area contributed by atoms with Crippen LogP contribution in [0, 0.1) is 6.92 Å². The zero-order valence-electron chi connectivity index (χ0n) is 15.5. The minimum Gasteiger partial charge on any atom is -0.495 e. The molecule has 0 aliphatic carbocycles. The van der Waals surface area contributed by atoms with Gasteiger partial charge in [-0.25, -0.2) is 8.42 Å². The van der Waals surface area contributed by atoms with Crippen molar-refractivity contribution in [3.05, 3.63) is 54.1 Å². The normalized spacial score (nSPS) is 11.1. The van der Waals surface area contributed by atoms with E-state index >= 15 is 0 Å². The van der Waals surface area contributed by atoms with Crippen molar-refractivity contribution >= 4 is 27.3 Å². The van der Waals surface area contributed by atoms with Crippen LogP contribution in [0.5, 0.6) is 5.75 Å². The summed E-state index contributed by atoms with van der Waals surface area (Å²) in [5, 5.41) is 0. The molecule has 1 amide bonds. The van der Waals surface area contributed by atoms with Crippen LogP contribution in [0.25, 0.3) is 0 Å². The molecule has 7 heteroatoms. The molecule has 0 atom stereocenters. The van der Waals surface area contributed by atoms with Gasteiger partial charge in [0, 0.05) is 12.2 Å². The highest BCUT2D eigenvalue weighted by Crippen LogP contribution is 2.29. The number of sulfonamides is 1. The SMILES string of the molecule is CCN(C(=O)CN(c1ccccc1OC)S(C)(=O)=O)c1cccc(C)c1. The van der Waals surface area contributed by atoms with Crippen molar-refractivity contribution in [3.8, 4) is 5.75 Å². The van der Waals surface area contributed by atoms with Gasteiger partial charge in [0.25, 0.3) is 0 Å². The Hall–Kier alpha value is -2.54. The highest BCUT2D eigenvalue weighted by Gasteiger charge is 2.26. The maximum absolute atomic E-state index is 12.9. The van der Waals surface area contributed by atoms with E-state index in [4.69, 9.17) is 4.74 Å². The number of ether oxygens (including phenoxy) is 1. The first-order valence-electron chi connectivity index (χ1n) is 8.25. The van der Waals surface area contributed by atoms with Gasteiger partial charge in [0.15, 0.2) is 0 Å². The van der Waals surface area contributed by atoms with E-state index in [1.54, 1.807) is 29.2 Å². The number of anilines is 2. The van der Waals surface area contributed by atoms with Gasteiger partial charge >= 0.3 is 0 Å². The van der Waals surface area contributed by atoms with E-state index in [0.717, 1.165) is 21.8 Å². The second kappa shape index (κ2) is 8.23. The summed E-state index contributed by atoms with van der Waals surface area (Å²) in [4.78, 5) is 14.5. The largest absolute Gasteiger partial charge is 0.495 e. The topological polar surface area (TPSA) is 66.9 Å². The van der Waals surface area contributed by atoms with Crippen LogP contribution in [0.15, 0.2) is 48.5 Å². The Morgan fingerprint density at radius 1 is 1.12 bits per heavy atom. The highest BCUT2D eigenvalue weighted by atomic mass is 32.2. The molecular weight excluding hydrogens is 352 g/mol. The number of benzene rings is 2. The molecule has 0 unspecified atom stereocenters. The third kappa shape index (κ3) is 4.54. The number of methoxy groups -OCH3 is 1. The number of para-hydroxylation sites is 2. The summed E-state index contributed by atoms with van der Waals surface area (Å²) < 4.78 is 31.0. The van der Waals surface area contributed by atoms with E-state index in [2.05, 4.69) is 0 Å². The fourth-order valence-corrected chi connectivity index (χ4v) is 3.58. The summed E-state index contributed by atoms with van der Waals surface area (Å²) in [7, 11) is -2.21. The molecule has 0 heterocycles. The van der Waals surface area contributed by atoms with Gasteiger partial charge in [-0.15, -0.1) is 0 Å². The van der Waals surface area contributed by atoms with Gasteiger partial charge in [-0.2, -0.15) is 0 Å². The number of hydrogen-bond donors (Lipinski definition) is 0. The van der Waals surface area contributed by atoms with Crippen molar-refractivity contribution in [2.75, 3.05) is 35.7 Å². The Labute approximate surface area is 155 Å². The fourth-order valence-electron chi connectivity index (χ4n) is 2.72. The molecule has 0 aliphatic rings. The van der Waals surface area contributed by atoms with Gasteiger partial charge in [0.2, 0.25) is 15.9 Å². The second-order valence-corrected chi connectivity index (χ2v) is 7.83. The number of hydrogen-bond acceptors (Lipinski definition) is 4. The van der Waals surface area contributed by atoms with Crippen LogP contribution in [0.2, 0.25) is 0 Å². The number of likely N-dealkylation sites (N-methyl/N-ethyl adjacent to an activating group) is 1.